The van der Waals surface area contributed by atoms with Crippen LogP contribution in [-0.2, 0) is 14.3 Å². The molecular weight excluding hydrogens is 500 g/mol. The van der Waals surface area contributed by atoms with Crippen LogP contribution < -0.4 is 19.7 Å². The predicted molar refractivity (Wildman–Crippen MR) is 146 cm³/mol. The van der Waals surface area contributed by atoms with E-state index in [1.807, 2.05) is 18.2 Å². The molecule has 1 atom stereocenters. The molecule has 1 amide bonds. The topological polar surface area (TPSA) is 103 Å². The van der Waals surface area contributed by atoms with Gasteiger partial charge in [-0.15, -0.1) is 0 Å². The molecule has 3 aromatic carbocycles. The molecule has 3 aromatic rings. The van der Waals surface area contributed by atoms with E-state index in [0.717, 1.165) is 5.56 Å². The SMILES string of the molecule is CCOC(=O)c1ccc(NC2=C[C@H](c3ccc(OC)c(OC)c3)N(c3ccc(C(=O)OCC)cc3)C2=O)cc1. The molecule has 1 N–H and O–H groups in total. The standard InChI is InChI=1S/C30H30N2O7/c1-5-38-29(34)19-7-12-22(13-8-19)31-24-18-25(21-11-16-26(36-3)27(17-21)37-4)32(28(24)33)23-14-9-20(10-15-23)30(35)39-6-2/h7-18,25,31H,5-6H2,1-4H3/t25-/m1/s1. The van der Waals surface area contributed by atoms with Crippen LogP contribution in [0.15, 0.2) is 78.5 Å². The molecule has 0 aliphatic carbocycles. The molecule has 0 saturated carbocycles. The van der Waals surface area contributed by atoms with E-state index in [1.165, 1.54) is 0 Å². The van der Waals surface area contributed by atoms with E-state index in [-0.39, 0.29) is 19.1 Å². The van der Waals surface area contributed by atoms with Crippen LogP contribution in [0, 0.1) is 0 Å². The van der Waals surface area contributed by atoms with Crippen LogP contribution in [0.3, 0.4) is 0 Å². The molecule has 9 heteroatoms. The summed E-state index contributed by atoms with van der Waals surface area (Å²) in [7, 11) is 3.11. The van der Waals surface area contributed by atoms with Crippen molar-refractivity contribution in [2.45, 2.75) is 19.9 Å². The van der Waals surface area contributed by atoms with Crippen LogP contribution in [0.1, 0.15) is 46.2 Å². The average molecular weight is 531 g/mol. The summed E-state index contributed by atoms with van der Waals surface area (Å²) >= 11 is 0. The minimum absolute atomic E-state index is 0.270. The molecule has 4 rings (SSSR count). The third-order valence-corrected chi connectivity index (χ3v) is 6.13. The van der Waals surface area contributed by atoms with Crippen LogP contribution in [0.5, 0.6) is 11.5 Å². The number of rotatable bonds is 10. The average Bonchev–Trinajstić information content (AvgIpc) is 3.28. The normalized spacial score (nSPS) is 14.5. The Morgan fingerprint density at radius 3 is 1.90 bits per heavy atom. The summed E-state index contributed by atoms with van der Waals surface area (Å²) in [5, 5.41) is 3.17. The molecule has 0 aromatic heterocycles. The second-order valence-electron chi connectivity index (χ2n) is 8.50. The lowest BCUT2D eigenvalue weighted by Crippen LogP contribution is -2.30. The number of methoxy groups -OCH3 is 2. The zero-order valence-corrected chi connectivity index (χ0v) is 22.2. The predicted octanol–water partition coefficient (Wildman–Crippen LogP) is 5.14. The zero-order valence-electron chi connectivity index (χ0n) is 22.2. The van der Waals surface area contributed by atoms with Gasteiger partial charge in [0.05, 0.1) is 44.6 Å². The van der Waals surface area contributed by atoms with Gasteiger partial charge < -0.3 is 24.3 Å². The Morgan fingerprint density at radius 2 is 1.36 bits per heavy atom. The third-order valence-electron chi connectivity index (χ3n) is 6.13. The molecule has 0 unspecified atom stereocenters. The summed E-state index contributed by atoms with van der Waals surface area (Å²) in [5.74, 6) is -0.0105. The highest BCUT2D eigenvalue weighted by atomic mass is 16.5. The number of hydrogen-bond donors (Lipinski definition) is 1. The highest BCUT2D eigenvalue weighted by Crippen LogP contribution is 2.39. The number of nitrogens with zero attached hydrogens (tertiary/aromatic N) is 1. The number of amides is 1. The van der Waals surface area contributed by atoms with E-state index in [0.29, 0.717) is 39.7 Å². The molecule has 9 nitrogen and oxygen atoms in total. The van der Waals surface area contributed by atoms with Gasteiger partial charge in [0, 0.05) is 11.4 Å². The molecule has 39 heavy (non-hydrogen) atoms. The Bertz CT molecular complexity index is 1380. The van der Waals surface area contributed by atoms with Crippen molar-refractivity contribution in [2.24, 2.45) is 0 Å². The summed E-state index contributed by atoms with van der Waals surface area (Å²) in [5.41, 5.74) is 3.19. The minimum atomic E-state index is -0.480. The van der Waals surface area contributed by atoms with Crippen LogP contribution in [0.25, 0.3) is 0 Å². The molecular formula is C30H30N2O7. The number of hydrogen-bond acceptors (Lipinski definition) is 8. The first kappa shape index (κ1) is 27.3. The van der Waals surface area contributed by atoms with Crippen molar-refractivity contribution in [3.05, 3.63) is 95.2 Å². The van der Waals surface area contributed by atoms with Gasteiger partial charge in [0.25, 0.3) is 5.91 Å². The fourth-order valence-electron chi connectivity index (χ4n) is 4.25. The fourth-order valence-corrected chi connectivity index (χ4v) is 4.25. The van der Waals surface area contributed by atoms with Crippen molar-refractivity contribution >= 4 is 29.2 Å². The van der Waals surface area contributed by atoms with Crippen LogP contribution in [0.4, 0.5) is 11.4 Å². The largest absolute Gasteiger partial charge is 0.493 e. The number of nitrogens with one attached hydrogen (secondary N) is 1. The van der Waals surface area contributed by atoms with Gasteiger partial charge in [-0.3, -0.25) is 9.69 Å². The van der Waals surface area contributed by atoms with Crippen molar-refractivity contribution in [1.82, 2.24) is 0 Å². The summed E-state index contributed by atoms with van der Waals surface area (Å²) in [4.78, 5) is 39.5. The Kier molecular flexibility index (Phi) is 8.50. The minimum Gasteiger partial charge on any atom is -0.493 e. The van der Waals surface area contributed by atoms with E-state index in [2.05, 4.69) is 5.32 Å². The monoisotopic (exact) mass is 530 g/mol. The van der Waals surface area contributed by atoms with Crippen LogP contribution in [-0.4, -0.2) is 45.3 Å². The molecule has 202 valence electrons. The summed E-state index contributed by atoms with van der Waals surface area (Å²) in [6.45, 7) is 4.05. The first-order valence-corrected chi connectivity index (χ1v) is 12.5. The van der Waals surface area contributed by atoms with E-state index in [9.17, 15) is 14.4 Å². The van der Waals surface area contributed by atoms with Gasteiger partial charge in [-0.1, -0.05) is 6.07 Å². The Morgan fingerprint density at radius 1 is 0.795 bits per heavy atom. The molecule has 1 heterocycles. The molecule has 1 aliphatic heterocycles. The fraction of sp³-hybridized carbons (Fsp3) is 0.233. The number of anilines is 2. The van der Waals surface area contributed by atoms with Crippen LogP contribution >= 0.6 is 0 Å². The van der Waals surface area contributed by atoms with Crippen molar-refractivity contribution in [3.8, 4) is 11.5 Å². The van der Waals surface area contributed by atoms with Gasteiger partial charge in [-0.05, 0) is 86.2 Å². The number of esters is 2. The maximum atomic E-state index is 13.7. The summed E-state index contributed by atoms with van der Waals surface area (Å²) < 4.78 is 21.0. The molecule has 0 spiro atoms. The first-order valence-electron chi connectivity index (χ1n) is 12.5. The van der Waals surface area contributed by atoms with Gasteiger partial charge in [-0.2, -0.15) is 0 Å². The van der Waals surface area contributed by atoms with E-state index >= 15 is 0 Å². The quantitative estimate of drug-likeness (QED) is 0.360. The van der Waals surface area contributed by atoms with Crippen molar-refractivity contribution in [3.63, 3.8) is 0 Å². The lowest BCUT2D eigenvalue weighted by molar-refractivity contribution is -0.114. The maximum Gasteiger partial charge on any atom is 0.338 e. The van der Waals surface area contributed by atoms with Crippen LogP contribution in [0.2, 0.25) is 0 Å². The molecule has 0 fully saturated rings. The smallest absolute Gasteiger partial charge is 0.338 e. The van der Waals surface area contributed by atoms with E-state index in [4.69, 9.17) is 18.9 Å². The number of benzene rings is 3. The van der Waals surface area contributed by atoms with Gasteiger partial charge in [0.15, 0.2) is 11.5 Å². The lowest BCUT2D eigenvalue weighted by Gasteiger charge is -2.26. The third kappa shape index (κ3) is 5.87. The van der Waals surface area contributed by atoms with Crippen molar-refractivity contribution in [2.75, 3.05) is 37.7 Å². The molecule has 0 saturated heterocycles. The molecule has 0 radical (unpaired) electrons. The summed E-state index contributed by atoms with van der Waals surface area (Å²) in [6.07, 6.45) is 1.82. The molecule has 1 aliphatic rings. The maximum absolute atomic E-state index is 13.7. The number of carbonyl (C=O) groups excluding carboxylic acids is 3. The van der Waals surface area contributed by atoms with Gasteiger partial charge in [-0.25, -0.2) is 9.59 Å². The van der Waals surface area contributed by atoms with Crippen molar-refractivity contribution in [1.29, 1.82) is 0 Å². The van der Waals surface area contributed by atoms with E-state index in [1.54, 1.807) is 87.6 Å². The number of carbonyl (C=O) groups is 3. The Balaban J connectivity index is 1.68. The first-order chi connectivity index (χ1) is 18.9. The summed E-state index contributed by atoms with van der Waals surface area (Å²) in [6, 6.07) is 18.4. The lowest BCUT2D eigenvalue weighted by atomic mass is 10.0. The molecule has 0 bridgehead atoms. The Labute approximate surface area is 226 Å². The van der Waals surface area contributed by atoms with Crippen molar-refractivity contribution < 1.29 is 33.3 Å². The highest BCUT2D eigenvalue weighted by molar-refractivity contribution is 6.11. The van der Waals surface area contributed by atoms with Gasteiger partial charge in [0.1, 0.15) is 5.70 Å². The van der Waals surface area contributed by atoms with Gasteiger partial charge >= 0.3 is 11.9 Å². The second-order valence-corrected chi connectivity index (χ2v) is 8.50. The Hall–Kier alpha value is -4.79. The van der Waals surface area contributed by atoms with E-state index < -0.39 is 18.0 Å². The number of ether oxygens (including phenoxy) is 4. The highest BCUT2D eigenvalue weighted by Gasteiger charge is 2.35. The second kappa shape index (κ2) is 12.2. The zero-order chi connectivity index (χ0) is 27.9. The van der Waals surface area contributed by atoms with Gasteiger partial charge in [0.2, 0.25) is 0 Å².